The highest BCUT2D eigenvalue weighted by atomic mass is 79.9. The van der Waals surface area contributed by atoms with E-state index in [1.54, 1.807) is 0 Å². The molecule has 1 aromatic rings. The van der Waals surface area contributed by atoms with Gasteiger partial charge in [0.1, 0.15) is 0 Å². The summed E-state index contributed by atoms with van der Waals surface area (Å²) in [4.78, 5) is 14.7. The molecule has 0 spiro atoms. The molecule has 3 rings (SSSR count). The lowest BCUT2D eigenvalue weighted by molar-refractivity contribution is -0.0461. The van der Waals surface area contributed by atoms with E-state index in [1.807, 2.05) is 25.1 Å². The molecule has 21 heavy (non-hydrogen) atoms. The van der Waals surface area contributed by atoms with Crippen LogP contribution in [0.15, 0.2) is 22.7 Å². The van der Waals surface area contributed by atoms with Gasteiger partial charge in [-0.25, -0.2) is 0 Å². The minimum Gasteiger partial charge on any atom is -0.373 e. The van der Waals surface area contributed by atoms with Crippen LogP contribution < -0.4 is 5.32 Å². The second-order valence-corrected chi connectivity index (χ2v) is 6.77. The molecule has 2 aliphatic heterocycles. The van der Waals surface area contributed by atoms with Gasteiger partial charge in [0.05, 0.1) is 12.7 Å². The van der Waals surface area contributed by atoms with Gasteiger partial charge in [0.25, 0.3) is 5.91 Å². The summed E-state index contributed by atoms with van der Waals surface area (Å²) in [5, 5.41) is 2.98. The molecule has 1 aromatic carbocycles. The molecule has 2 unspecified atom stereocenters. The fraction of sp³-hybridized carbons (Fsp3) is 0.562. The van der Waals surface area contributed by atoms with Crippen molar-refractivity contribution in [3.63, 3.8) is 0 Å². The topological polar surface area (TPSA) is 41.6 Å². The third-order valence-corrected chi connectivity index (χ3v) is 5.24. The Morgan fingerprint density at radius 3 is 3.19 bits per heavy atom. The second kappa shape index (κ2) is 6.46. The monoisotopic (exact) mass is 352 g/mol. The van der Waals surface area contributed by atoms with Crippen LogP contribution in [0.25, 0.3) is 0 Å². The van der Waals surface area contributed by atoms with E-state index in [4.69, 9.17) is 4.74 Å². The van der Waals surface area contributed by atoms with Crippen molar-refractivity contribution in [3.05, 3.63) is 33.8 Å². The lowest BCUT2D eigenvalue weighted by atomic mass is 10.1. The maximum absolute atomic E-state index is 12.2. The Bertz CT molecular complexity index is 535. The molecule has 0 bridgehead atoms. The number of nitrogens with zero attached hydrogens (tertiary/aromatic N) is 1. The highest BCUT2D eigenvalue weighted by Gasteiger charge is 2.32. The van der Waals surface area contributed by atoms with E-state index in [1.165, 1.54) is 19.4 Å². The normalized spacial score (nSPS) is 25.6. The molecule has 2 atom stereocenters. The minimum absolute atomic E-state index is 0.0390. The maximum atomic E-state index is 12.2. The van der Waals surface area contributed by atoms with Gasteiger partial charge < -0.3 is 10.1 Å². The van der Waals surface area contributed by atoms with Crippen LogP contribution in [0.4, 0.5) is 0 Å². The van der Waals surface area contributed by atoms with Crippen LogP contribution in [0.1, 0.15) is 28.8 Å². The maximum Gasteiger partial charge on any atom is 0.251 e. The Labute approximate surface area is 134 Å². The summed E-state index contributed by atoms with van der Waals surface area (Å²) >= 11 is 3.46. The molecule has 0 saturated carbocycles. The highest BCUT2D eigenvalue weighted by molar-refractivity contribution is 9.10. The molecular formula is C16H21BrN2O2. The molecule has 2 fully saturated rings. The van der Waals surface area contributed by atoms with Crippen molar-refractivity contribution in [1.29, 1.82) is 0 Å². The number of morpholine rings is 1. The minimum atomic E-state index is -0.0390. The Morgan fingerprint density at radius 2 is 2.38 bits per heavy atom. The molecule has 114 valence electrons. The molecule has 5 heteroatoms. The number of nitrogens with one attached hydrogen (secondary N) is 1. The van der Waals surface area contributed by atoms with Gasteiger partial charge in [-0.1, -0.05) is 22.0 Å². The van der Waals surface area contributed by atoms with Gasteiger partial charge in [-0.15, -0.1) is 0 Å². The summed E-state index contributed by atoms with van der Waals surface area (Å²) in [6.07, 6.45) is 2.62. The number of amides is 1. The van der Waals surface area contributed by atoms with Crippen LogP contribution in [0, 0.1) is 6.92 Å². The Kier molecular flexibility index (Phi) is 4.62. The Hall–Kier alpha value is -0.910. The van der Waals surface area contributed by atoms with Crippen molar-refractivity contribution in [1.82, 2.24) is 10.2 Å². The number of halogens is 1. The van der Waals surface area contributed by atoms with Crippen LogP contribution in [-0.4, -0.2) is 49.2 Å². The van der Waals surface area contributed by atoms with Crippen molar-refractivity contribution in [2.75, 3.05) is 26.2 Å². The fourth-order valence-electron chi connectivity index (χ4n) is 3.05. The number of rotatable bonds is 3. The first kappa shape index (κ1) is 15.0. The largest absolute Gasteiger partial charge is 0.373 e. The van der Waals surface area contributed by atoms with E-state index in [0.717, 1.165) is 23.2 Å². The zero-order valence-corrected chi connectivity index (χ0v) is 13.9. The zero-order chi connectivity index (χ0) is 14.8. The van der Waals surface area contributed by atoms with Gasteiger partial charge in [0.15, 0.2) is 0 Å². The molecule has 0 aliphatic carbocycles. The third kappa shape index (κ3) is 3.47. The molecule has 2 heterocycles. The summed E-state index contributed by atoms with van der Waals surface area (Å²) < 4.78 is 6.82. The van der Waals surface area contributed by atoms with Gasteiger partial charge in [-0.05, 0) is 44.0 Å². The van der Waals surface area contributed by atoms with E-state index in [-0.39, 0.29) is 12.0 Å². The summed E-state index contributed by atoms with van der Waals surface area (Å²) in [5.74, 6) is -0.0390. The third-order valence-electron chi connectivity index (χ3n) is 4.39. The summed E-state index contributed by atoms with van der Waals surface area (Å²) in [6.45, 7) is 5.49. The quantitative estimate of drug-likeness (QED) is 0.907. The molecule has 4 nitrogen and oxygen atoms in total. The lowest BCUT2D eigenvalue weighted by Gasteiger charge is -2.35. The van der Waals surface area contributed by atoms with E-state index in [0.29, 0.717) is 18.2 Å². The lowest BCUT2D eigenvalue weighted by Crippen LogP contribution is -2.50. The van der Waals surface area contributed by atoms with E-state index in [2.05, 4.69) is 26.1 Å². The molecule has 2 saturated heterocycles. The van der Waals surface area contributed by atoms with Crippen LogP contribution in [0.3, 0.4) is 0 Å². The van der Waals surface area contributed by atoms with Crippen LogP contribution in [0.5, 0.6) is 0 Å². The van der Waals surface area contributed by atoms with Crippen molar-refractivity contribution in [2.24, 2.45) is 0 Å². The van der Waals surface area contributed by atoms with Crippen LogP contribution >= 0.6 is 15.9 Å². The Morgan fingerprint density at radius 1 is 1.52 bits per heavy atom. The standard InChI is InChI=1S/C16H21BrN2O2/c1-11-4-5-12(7-15(11)17)16(20)18-8-14-9-19-6-2-3-13(19)10-21-14/h4-5,7,13-14H,2-3,6,8-10H2,1H3,(H,18,20). The number of benzene rings is 1. The average molecular weight is 353 g/mol. The predicted molar refractivity (Wildman–Crippen MR) is 85.5 cm³/mol. The fourth-order valence-corrected chi connectivity index (χ4v) is 3.43. The van der Waals surface area contributed by atoms with Crippen LogP contribution in [-0.2, 0) is 4.74 Å². The number of fused-ring (bicyclic) bond motifs is 1. The number of carbonyl (C=O) groups excluding carboxylic acids is 1. The Balaban J connectivity index is 1.52. The molecule has 1 N–H and O–H groups in total. The second-order valence-electron chi connectivity index (χ2n) is 5.92. The summed E-state index contributed by atoms with van der Waals surface area (Å²) in [6, 6.07) is 6.27. The number of carbonyl (C=O) groups is 1. The predicted octanol–water partition coefficient (Wildman–Crippen LogP) is 2.35. The first-order chi connectivity index (χ1) is 10.1. The summed E-state index contributed by atoms with van der Waals surface area (Å²) in [7, 11) is 0. The van der Waals surface area contributed by atoms with Crippen molar-refractivity contribution in [2.45, 2.75) is 31.9 Å². The molecule has 1 amide bonds. The SMILES string of the molecule is Cc1ccc(C(=O)NCC2CN3CCCC3CO2)cc1Br. The molecule has 2 aliphatic rings. The van der Waals surface area contributed by atoms with Gasteiger partial charge in [-0.2, -0.15) is 0 Å². The van der Waals surface area contributed by atoms with E-state index in [9.17, 15) is 4.79 Å². The number of hydrogen-bond acceptors (Lipinski definition) is 3. The van der Waals surface area contributed by atoms with E-state index < -0.39 is 0 Å². The molecule has 0 radical (unpaired) electrons. The van der Waals surface area contributed by atoms with Gasteiger partial charge in [0.2, 0.25) is 0 Å². The van der Waals surface area contributed by atoms with Crippen molar-refractivity contribution >= 4 is 21.8 Å². The molecular weight excluding hydrogens is 332 g/mol. The van der Waals surface area contributed by atoms with Crippen molar-refractivity contribution < 1.29 is 9.53 Å². The smallest absolute Gasteiger partial charge is 0.251 e. The number of aryl methyl sites for hydroxylation is 1. The zero-order valence-electron chi connectivity index (χ0n) is 12.3. The highest BCUT2D eigenvalue weighted by Crippen LogP contribution is 2.22. The van der Waals surface area contributed by atoms with Gasteiger partial charge in [0, 0.05) is 29.2 Å². The summed E-state index contributed by atoms with van der Waals surface area (Å²) in [5.41, 5.74) is 1.81. The van der Waals surface area contributed by atoms with Crippen molar-refractivity contribution in [3.8, 4) is 0 Å². The first-order valence-electron chi connectivity index (χ1n) is 7.53. The van der Waals surface area contributed by atoms with E-state index >= 15 is 0 Å². The average Bonchev–Trinajstić information content (AvgIpc) is 2.95. The number of ether oxygens (including phenoxy) is 1. The van der Waals surface area contributed by atoms with Gasteiger partial charge >= 0.3 is 0 Å². The number of hydrogen-bond donors (Lipinski definition) is 1. The molecule has 0 aromatic heterocycles. The first-order valence-corrected chi connectivity index (χ1v) is 8.33. The van der Waals surface area contributed by atoms with Gasteiger partial charge in [-0.3, -0.25) is 9.69 Å². The van der Waals surface area contributed by atoms with Crippen LogP contribution in [0.2, 0.25) is 0 Å².